The van der Waals surface area contributed by atoms with Crippen molar-refractivity contribution in [3.05, 3.63) is 100 Å². The van der Waals surface area contributed by atoms with Gasteiger partial charge in [-0.3, -0.25) is 14.4 Å². The van der Waals surface area contributed by atoms with Crippen molar-refractivity contribution in [2.45, 2.75) is 33.6 Å². The number of hydrogen-bond acceptors (Lipinski definition) is 4. The summed E-state index contributed by atoms with van der Waals surface area (Å²) in [5.41, 5.74) is 4.74. The zero-order valence-corrected chi connectivity index (χ0v) is 18.6. The molecule has 0 saturated carbocycles. The van der Waals surface area contributed by atoms with Crippen molar-refractivity contribution in [3.63, 3.8) is 0 Å². The first-order valence-corrected chi connectivity index (χ1v) is 10.7. The first-order valence-electron chi connectivity index (χ1n) is 10.7. The summed E-state index contributed by atoms with van der Waals surface area (Å²) in [6, 6.07) is 18.6. The molecular weight excluding hydrogens is 402 g/mol. The quantitative estimate of drug-likeness (QED) is 0.283. The van der Waals surface area contributed by atoms with Crippen LogP contribution in [0.5, 0.6) is 0 Å². The van der Waals surface area contributed by atoms with E-state index in [4.69, 9.17) is 4.74 Å². The predicted molar refractivity (Wildman–Crippen MR) is 125 cm³/mol. The molecule has 0 unspecified atom stereocenters. The molecule has 0 aliphatic heterocycles. The Bertz CT molecular complexity index is 1140. The van der Waals surface area contributed by atoms with Crippen molar-refractivity contribution in [2.75, 3.05) is 6.61 Å². The largest absolute Gasteiger partial charge is 0.466 e. The SMILES string of the molecule is CCOC(=O)CCc1c(/C(=C\C(=O)c2ccccc2)c2ccccc2)[nH]c(C)c1C(C)=O. The second-order valence-corrected chi connectivity index (χ2v) is 7.49. The van der Waals surface area contributed by atoms with E-state index in [1.165, 1.54) is 6.92 Å². The van der Waals surface area contributed by atoms with Gasteiger partial charge in [-0.25, -0.2) is 0 Å². The van der Waals surface area contributed by atoms with Crippen LogP contribution in [0.3, 0.4) is 0 Å². The van der Waals surface area contributed by atoms with Crippen LogP contribution in [0.2, 0.25) is 0 Å². The Balaban J connectivity index is 2.15. The smallest absolute Gasteiger partial charge is 0.306 e. The van der Waals surface area contributed by atoms with Crippen LogP contribution in [0, 0.1) is 6.92 Å². The molecule has 0 aliphatic rings. The van der Waals surface area contributed by atoms with E-state index in [0.717, 1.165) is 11.1 Å². The highest BCUT2D eigenvalue weighted by molar-refractivity contribution is 6.10. The third-order valence-corrected chi connectivity index (χ3v) is 5.22. The molecule has 164 valence electrons. The molecule has 0 saturated heterocycles. The van der Waals surface area contributed by atoms with Crippen molar-refractivity contribution in [1.29, 1.82) is 0 Å². The maximum Gasteiger partial charge on any atom is 0.306 e. The van der Waals surface area contributed by atoms with Crippen LogP contribution in [-0.4, -0.2) is 29.1 Å². The lowest BCUT2D eigenvalue weighted by atomic mass is 9.93. The number of hydrogen-bond donors (Lipinski definition) is 1. The van der Waals surface area contributed by atoms with Crippen LogP contribution in [0.25, 0.3) is 5.57 Å². The monoisotopic (exact) mass is 429 g/mol. The van der Waals surface area contributed by atoms with Crippen LogP contribution in [0.4, 0.5) is 0 Å². The van der Waals surface area contributed by atoms with E-state index >= 15 is 0 Å². The molecule has 3 rings (SSSR count). The fourth-order valence-corrected chi connectivity index (χ4v) is 3.83. The average molecular weight is 430 g/mol. The summed E-state index contributed by atoms with van der Waals surface area (Å²) in [5.74, 6) is -0.555. The van der Waals surface area contributed by atoms with Crippen molar-refractivity contribution in [1.82, 2.24) is 4.98 Å². The topological polar surface area (TPSA) is 76.2 Å². The highest BCUT2D eigenvalue weighted by Crippen LogP contribution is 2.31. The van der Waals surface area contributed by atoms with Crippen LogP contribution >= 0.6 is 0 Å². The summed E-state index contributed by atoms with van der Waals surface area (Å²) in [4.78, 5) is 40.9. The Morgan fingerprint density at radius 3 is 2.09 bits per heavy atom. The van der Waals surface area contributed by atoms with Crippen LogP contribution in [0.15, 0.2) is 66.7 Å². The number of benzene rings is 2. The Kier molecular flexibility index (Phi) is 7.55. The molecule has 0 bridgehead atoms. The number of nitrogens with one attached hydrogen (secondary N) is 1. The Hall–Kier alpha value is -3.73. The summed E-state index contributed by atoms with van der Waals surface area (Å²) in [6.45, 7) is 5.40. The molecule has 0 amide bonds. The molecule has 32 heavy (non-hydrogen) atoms. The summed E-state index contributed by atoms with van der Waals surface area (Å²) in [6.07, 6.45) is 2.07. The molecular formula is C27H27NO4. The molecule has 0 atom stereocenters. The van der Waals surface area contributed by atoms with Gasteiger partial charge in [0.15, 0.2) is 11.6 Å². The van der Waals surface area contributed by atoms with Gasteiger partial charge in [0.05, 0.1) is 12.3 Å². The zero-order valence-electron chi connectivity index (χ0n) is 18.6. The fraction of sp³-hybridized carbons (Fsp3) is 0.222. The van der Waals surface area contributed by atoms with Crippen LogP contribution in [0.1, 0.15) is 63.5 Å². The van der Waals surface area contributed by atoms with E-state index in [0.29, 0.717) is 41.1 Å². The Morgan fingerprint density at radius 2 is 1.53 bits per heavy atom. The van der Waals surface area contributed by atoms with E-state index in [1.54, 1.807) is 25.1 Å². The molecule has 1 heterocycles. The minimum absolute atomic E-state index is 0.0920. The lowest BCUT2D eigenvalue weighted by molar-refractivity contribution is -0.143. The number of carbonyl (C=O) groups excluding carboxylic acids is 3. The highest BCUT2D eigenvalue weighted by Gasteiger charge is 2.23. The Morgan fingerprint density at radius 1 is 0.938 bits per heavy atom. The minimum atomic E-state index is -0.322. The molecule has 3 aromatic rings. The van der Waals surface area contributed by atoms with E-state index in [9.17, 15) is 14.4 Å². The van der Waals surface area contributed by atoms with Gasteiger partial charge in [-0.1, -0.05) is 60.7 Å². The molecule has 2 aromatic carbocycles. The van der Waals surface area contributed by atoms with E-state index in [1.807, 2.05) is 55.5 Å². The van der Waals surface area contributed by atoms with Gasteiger partial charge in [0, 0.05) is 28.8 Å². The number of aryl methyl sites for hydroxylation is 1. The van der Waals surface area contributed by atoms with Crippen molar-refractivity contribution >= 4 is 23.1 Å². The van der Waals surface area contributed by atoms with Crippen molar-refractivity contribution < 1.29 is 19.1 Å². The third-order valence-electron chi connectivity index (χ3n) is 5.22. The van der Waals surface area contributed by atoms with E-state index in [2.05, 4.69) is 4.98 Å². The molecule has 1 N–H and O–H groups in total. The second-order valence-electron chi connectivity index (χ2n) is 7.49. The number of esters is 1. The van der Waals surface area contributed by atoms with Gasteiger partial charge < -0.3 is 9.72 Å². The molecule has 5 heteroatoms. The van der Waals surface area contributed by atoms with Gasteiger partial charge in [0.1, 0.15) is 0 Å². The van der Waals surface area contributed by atoms with Gasteiger partial charge in [-0.05, 0) is 44.4 Å². The summed E-state index contributed by atoms with van der Waals surface area (Å²) in [5, 5.41) is 0. The van der Waals surface area contributed by atoms with Crippen LogP contribution < -0.4 is 0 Å². The number of carbonyl (C=O) groups is 3. The molecule has 0 spiro atoms. The van der Waals surface area contributed by atoms with Gasteiger partial charge in [0.25, 0.3) is 0 Å². The lowest BCUT2D eigenvalue weighted by Crippen LogP contribution is -2.08. The van der Waals surface area contributed by atoms with Crippen LogP contribution in [-0.2, 0) is 16.0 Å². The maximum atomic E-state index is 13.1. The number of aromatic nitrogens is 1. The Labute approximate surface area is 188 Å². The minimum Gasteiger partial charge on any atom is -0.466 e. The van der Waals surface area contributed by atoms with Gasteiger partial charge >= 0.3 is 5.97 Å². The molecule has 0 radical (unpaired) electrons. The van der Waals surface area contributed by atoms with Crippen molar-refractivity contribution in [3.8, 4) is 0 Å². The summed E-state index contributed by atoms with van der Waals surface area (Å²) >= 11 is 0. The zero-order chi connectivity index (χ0) is 23.1. The van der Waals surface area contributed by atoms with E-state index in [-0.39, 0.29) is 24.0 Å². The standard InChI is InChI=1S/C27H27NO4/c1-4-32-25(31)16-15-22-26(19(3)29)18(2)28-27(22)23(20-11-7-5-8-12-20)17-24(30)21-13-9-6-10-14-21/h5-14,17,28H,4,15-16H2,1-3H3/b23-17-. The normalized spacial score (nSPS) is 11.3. The maximum absolute atomic E-state index is 13.1. The number of ketones is 2. The van der Waals surface area contributed by atoms with Gasteiger partial charge in [-0.15, -0.1) is 0 Å². The second kappa shape index (κ2) is 10.5. The number of rotatable bonds is 9. The number of H-pyrrole nitrogens is 1. The molecule has 0 fully saturated rings. The lowest BCUT2D eigenvalue weighted by Gasteiger charge is -2.11. The van der Waals surface area contributed by atoms with Gasteiger partial charge in [-0.2, -0.15) is 0 Å². The highest BCUT2D eigenvalue weighted by atomic mass is 16.5. The van der Waals surface area contributed by atoms with Gasteiger partial charge in [0.2, 0.25) is 0 Å². The summed E-state index contributed by atoms with van der Waals surface area (Å²) in [7, 11) is 0. The summed E-state index contributed by atoms with van der Waals surface area (Å²) < 4.78 is 5.08. The molecule has 5 nitrogen and oxygen atoms in total. The number of ether oxygens (including phenoxy) is 1. The third kappa shape index (κ3) is 5.30. The average Bonchev–Trinajstić information content (AvgIpc) is 3.13. The predicted octanol–water partition coefficient (Wildman–Crippen LogP) is 5.34. The first-order chi connectivity index (χ1) is 15.4. The number of aromatic amines is 1. The van der Waals surface area contributed by atoms with E-state index < -0.39 is 0 Å². The molecule has 1 aromatic heterocycles. The number of Topliss-reactive ketones (excluding diaryl/α,β-unsaturated/α-hetero) is 1. The first kappa shape index (κ1) is 22.9. The number of allylic oxidation sites excluding steroid dienone is 1. The van der Waals surface area contributed by atoms with Crippen molar-refractivity contribution in [2.24, 2.45) is 0 Å². The molecule has 0 aliphatic carbocycles. The fourth-order valence-electron chi connectivity index (χ4n) is 3.83.